The number of nitrogens with zero attached hydrogens (tertiary/aromatic N) is 2. The van der Waals surface area contributed by atoms with E-state index in [1.807, 2.05) is 0 Å². The molecule has 10 heteroatoms. The number of carbonyl (C=O) groups is 1. The smallest absolute Gasteiger partial charge is 0.349 e. The van der Waals surface area contributed by atoms with Gasteiger partial charge in [0.2, 0.25) is 0 Å². The van der Waals surface area contributed by atoms with Gasteiger partial charge in [-0.05, 0) is 37.1 Å². The van der Waals surface area contributed by atoms with E-state index in [-0.39, 0.29) is 11.7 Å². The van der Waals surface area contributed by atoms with Gasteiger partial charge >= 0.3 is 12.4 Å². The van der Waals surface area contributed by atoms with Crippen molar-refractivity contribution in [1.82, 2.24) is 15.1 Å². The van der Waals surface area contributed by atoms with Crippen LogP contribution >= 0.6 is 0 Å². The van der Waals surface area contributed by atoms with Gasteiger partial charge in [0.25, 0.3) is 5.91 Å². The maximum absolute atomic E-state index is 13.5. The maximum Gasteiger partial charge on any atom is 0.434 e. The second-order valence-corrected chi connectivity index (χ2v) is 6.32. The Balaban J connectivity index is 1.96. The van der Waals surface area contributed by atoms with Crippen molar-refractivity contribution < 1.29 is 31.1 Å². The molecule has 1 saturated carbocycles. The molecule has 2 aromatic rings. The molecule has 0 saturated heterocycles. The first-order valence-corrected chi connectivity index (χ1v) is 8.21. The number of hydrogen-bond donors (Lipinski definition) is 1. The number of halogens is 6. The third-order valence-electron chi connectivity index (χ3n) is 4.41. The summed E-state index contributed by atoms with van der Waals surface area (Å²) in [5.74, 6) is -0.896. The Morgan fingerprint density at radius 1 is 1.00 bits per heavy atom. The van der Waals surface area contributed by atoms with E-state index in [4.69, 9.17) is 0 Å². The van der Waals surface area contributed by atoms with Crippen LogP contribution in [0.5, 0.6) is 0 Å². The average Bonchev–Trinajstić information content (AvgIpc) is 3.22. The van der Waals surface area contributed by atoms with Crippen molar-refractivity contribution in [2.75, 3.05) is 0 Å². The van der Waals surface area contributed by atoms with Gasteiger partial charge < -0.3 is 5.32 Å². The number of carbonyl (C=O) groups excluding carboxylic acids is 1. The Bertz CT molecular complexity index is 817. The Kier molecular flexibility index (Phi) is 4.92. The van der Waals surface area contributed by atoms with Gasteiger partial charge in [0.15, 0.2) is 5.69 Å². The minimum absolute atomic E-state index is 0.187. The predicted octanol–water partition coefficient (Wildman–Crippen LogP) is 4.58. The summed E-state index contributed by atoms with van der Waals surface area (Å²) in [7, 11) is 0. The van der Waals surface area contributed by atoms with Gasteiger partial charge in [-0.3, -0.25) is 4.79 Å². The molecule has 146 valence electrons. The Hall–Kier alpha value is -2.52. The highest BCUT2D eigenvalue weighted by molar-refractivity contribution is 5.95. The Labute approximate surface area is 150 Å². The molecule has 1 fully saturated rings. The van der Waals surface area contributed by atoms with Gasteiger partial charge in [-0.2, -0.15) is 31.4 Å². The van der Waals surface area contributed by atoms with Crippen LogP contribution in [0.4, 0.5) is 26.3 Å². The van der Waals surface area contributed by atoms with E-state index >= 15 is 0 Å². The first-order chi connectivity index (χ1) is 12.6. The zero-order chi connectivity index (χ0) is 19.8. The fraction of sp³-hybridized carbons (Fsp3) is 0.412. The highest BCUT2D eigenvalue weighted by Crippen LogP contribution is 2.35. The van der Waals surface area contributed by atoms with Crippen LogP contribution in [0, 0.1) is 0 Å². The third-order valence-corrected chi connectivity index (χ3v) is 4.41. The first kappa shape index (κ1) is 19.2. The van der Waals surface area contributed by atoms with Crippen molar-refractivity contribution >= 4 is 5.91 Å². The second-order valence-electron chi connectivity index (χ2n) is 6.32. The molecule has 1 heterocycles. The summed E-state index contributed by atoms with van der Waals surface area (Å²) < 4.78 is 79.0. The van der Waals surface area contributed by atoms with Gasteiger partial charge in [0.05, 0.1) is 23.0 Å². The van der Waals surface area contributed by atoms with Crippen LogP contribution in [-0.2, 0) is 12.4 Å². The van der Waals surface area contributed by atoms with E-state index in [0.717, 1.165) is 31.2 Å². The first-order valence-electron chi connectivity index (χ1n) is 8.21. The van der Waals surface area contributed by atoms with Crippen LogP contribution < -0.4 is 5.32 Å². The quantitative estimate of drug-likeness (QED) is 0.779. The highest BCUT2D eigenvalue weighted by Gasteiger charge is 2.41. The molecule has 0 spiro atoms. The number of hydrogen-bond acceptors (Lipinski definition) is 2. The molecular formula is C17H15F6N3O. The van der Waals surface area contributed by atoms with E-state index < -0.39 is 35.1 Å². The van der Waals surface area contributed by atoms with Crippen LogP contribution in [0.1, 0.15) is 47.3 Å². The van der Waals surface area contributed by atoms with Gasteiger partial charge in [-0.25, -0.2) is 4.68 Å². The van der Waals surface area contributed by atoms with E-state index in [1.54, 1.807) is 0 Å². The molecule has 4 nitrogen and oxygen atoms in total. The van der Waals surface area contributed by atoms with Gasteiger partial charge in [0, 0.05) is 6.04 Å². The lowest BCUT2D eigenvalue weighted by Crippen LogP contribution is -2.34. The largest absolute Gasteiger partial charge is 0.434 e. The summed E-state index contributed by atoms with van der Waals surface area (Å²) in [6, 6.07) is 2.89. The fourth-order valence-corrected chi connectivity index (χ4v) is 3.11. The van der Waals surface area contributed by atoms with Crippen molar-refractivity contribution in [3.63, 3.8) is 0 Å². The van der Waals surface area contributed by atoms with Crippen LogP contribution in [0.25, 0.3) is 5.69 Å². The van der Waals surface area contributed by atoms with Gasteiger partial charge in [-0.1, -0.05) is 12.8 Å². The minimum atomic E-state index is -4.92. The summed E-state index contributed by atoms with van der Waals surface area (Å²) in [6.45, 7) is 0. The fourth-order valence-electron chi connectivity index (χ4n) is 3.11. The normalized spacial score (nSPS) is 15.9. The summed E-state index contributed by atoms with van der Waals surface area (Å²) in [5, 5.41) is 6.16. The van der Waals surface area contributed by atoms with Crippen molar-refractivity contribution in [2.24, 2.45) is 0 Å². The molecule has 0 bridgehead atoms. The van der Waals surface area contributed by atoms with Crippen LogP contribution in [0.3, 0.4) is 0 Å². The molecular weight excluding hydrogens is 376 g/mol. The zero-order valence-corrected chi connectivity index (χ0v) is 13.9. The average molecular weight is 391 g/mol. The lowest BCUT2D eigenvalue weighted by atomic mass is 10.1. The molecule has 0 atom stereocenters. The molecule has 0 radical (unpaired) electrons. The Morgan fingerprint density at radius 3 is 2.11 bits per heavy atom. The van der Waals surface area contributed by atoms with E-state index in [2.05, 4.69) is 10.4 Å². The lowest BCUT2D eigenvalue weighted by Gasteiger charge is -2.15. The van der Waals surface area contributed by atoms with Crippen LogP contribution in [0.2, 0.25) is 0 Å². The summed E-state index contributed by atoms with van der Waals surface area (Å²) in [6.07, 6.45) is -5.57. The molecule has 0 aliphatic heterocycles. The zero-order valence-electron chi connectivity index (χ0n) is 13.9. The number of benzene rings is 1. The predicted molar refractivity (Wildman–Crippen MR) is 83.3 cm³/mol. The highest BCUT2D eigenvalue weighted by atomic mass is 19.4. The Morgan fingerprint density at radius 2 is 1.59 bits per heavy atom. The molecule has 1 aromatic heterocycles. The molecule has 3 rings (SSSR count). The van der Waals surface area contributed by atoms with E-state index in [9.17, 15) is 31.1 Å². The van der Waals surface area contributed by atoms with Gasteiger partial charge in [0.1, 0.15) is 0 Å². The number of aromatic nitrogens is 2. The van der Waals surface area contributed by atoms with Crippen LogP contribution in [-0.4, -0.2) is 21.7 Å². The molecule has 1 aliphatic carbocycles. The summed E-state index contributed by atoms with van der Waals surface area (Å²) >= 11 is 0. The molecule has 1 N–H and O–H groups in total. The standard InChI is InChI=1S/C17H15F6N3O/c18-16(19,20)10-5-7-12(8-6-10)26-14(17(21,22)23)13(9-24-26)15(27)25-11-3-1-2-4-11/h5-9,11H,1-4H2,(H,25,27). The molecule has 0 unspecified atom stereocenters. The number of alkyl halides is 6. The van der Waals surface area contributed by atoms with Crippen molar-refractivity contribution in [3.05, 3.63) is 47.3 Å². The lowest BCUT2D eigenvalue weighted by molar-refractivity contribution is -0.143. The van der Waals surface area contributed by atoms with Crippen molar-refractivity contribution in [1.29, 1.82) is 0 Å². The minimum Gasteiger partial charge on any atom is -0.349 e. The number of amides is 1. The van der Waals surface area contributed by atoms with Crippen molar-refractivity contribution in [3.8, 4) is 5.69 Å². The number of rotatable bonds is 3. The summed E-state index contributed by atoms with van der Waals surface area (Å²) in [4.78, 5) is 12.3. The molecule has 27 heavy (non-hydrogen) atoms. The van der Waals surface area contributed by atoms with Crippen LogP contribution in [0.15, 0.2) is 30.5 Å². The third kappa shape index (κ3) is 4.09. The number of nitrogens with one attached hydrogen (secondary N) is 1. The van der Waals surface area contributed by atoms with E-state index in [1.165, 1.54) is 0 Å². The maximum atomic E-state index is 13.5. The second kappa shape index (κ2) is 6.90. The topological polar surface area (TPSA) is 46.9 Å². The molecule has 1 aliphatic rings. The molecule has 1 aromatic carbocycles. The van der Waals surface area contributed by atoms with Gasteiger partial charge in [-0.15, -0.1) is 0 Å². The molecule has 1 amide bonds. The SMILES string of the molecule is O=C(NC1CCCC1)c1cnn(-c2ccc(C(F)(F)F)cc2)c1C(F)(F)F. The van der Waals surface area contributed by atoms with E-state index in [0.29, 0.717) is 29.7 Å². The van der Waals surface area contributed by atoms with Crippen molar-refractivity contribution in [2.45, 2.75) is 44.1 Å². The summed E-state index contributed by atoms with van der Waals surface area (Å²) in [5.41, 5.74) is -3.20. The monoisotopic (exact) mass is 391 g/mol.